The summed E-state index contributed by atoms with van der Waals surface area (Å²) in [6.45, 7) is 4.89. The smallest absolute Gasteiger partial charge is 0.271 e. The maximum absolute atomic E-state index is 13.3. The molecule has 2 aliphatic rings. The number of ether oxygens (including phenoxy) is 1. The normalized spacial score (nSPS) is 18.8. The average molecular weight is 424 g/mol. The minimum Gasteiger partial charge on any atom is -0.379 e. The predicted molar refractivity (Wildman–Crippen MR) is 122 cm³/mol. The average Bonchev–Trinajstić information content (AvgIpc) is 3.29. The molecule has 3 heterocycles. The van der Waals surface area contributed by atoms with Gasteiger partial charge in [-0.05, 0) is 35.8 Å². The lowest BCUT2D eigenvalue weighted by molar-refractivity contribution is 0.0363. The van der Waals surface area contributed by atoms with Gasteiger partial charge in [0.1, 0.15) is 10.5 Å². The third kappa shape index (κ3) is 4.09. The van der Waals surface area contributed by atoms with Gasteiger partial charge in [0.15, 0.2) is 0 Å². The van der Waals surface area contributed by atoms with Crippen molar-refractivity contribution in [1.82, 2.24) is 14.5 Å². The maximum Gasteiger partial charge on any atom is 0.271 e. The molecule has 1 saturated carbocycles. The molecule has 0 spiro atoms. The molecule has 1 saturated heterocycles. The minimum absolute atomic E-state index is 0.0783. The Kier molecular flexibility index (Phi) is 5.97. The summed E-state index contributed by atoms with van der Waals surface area (Å²) in [5, 5.41) is 1.96. The Bertz CT molecular complexity index is 1040. The Morgan fingerprint density at radius 3 is 2.53 bits per heavy atom. The van der Waals surface area contributed by atoms with Crippen LogP contribution in [-0.2, 0) is 11.3 Å². The number of fused-ring (bicyclic) bond motifs is 1. The molecule has 30 heavy (non-hydrogen) atoms. The second kappa shape index (κ2) is 9.00. The van der Waals surface area contributed by atoms with E-state index in [9.17, 15) is 4.79 Å². The third-order valence-electron chi connectivity index (χ3n) is 6.55. The van der Waals surface area contributed by atoms with Gasteiger partial charge in [-0.3, -0.25) is 14.3 Å². The Labute approximate surface area is 181 Å². The maximum atomic E-state index is 13.3. The highest BCUT2D eigenvalue weighted by atomic mass is 32.1. The second-order valence-electron chi connectivity index (χ2n) is 8.44. The van der Waals surface area contributed by atoms with Crippen LogP contribution in [0.3, 0.4) is 0 Å². The molecule has 0 unspecified atom stereocenters. The standard InChI is InChI=1S/C24H29N3O2S/c28-24-22-21(10-17-30-22)25-23(27(24)12-11-26-13-15-29-16-14-26)20-8-6-19(7-9-20)18-4-2-1-3-5-18/h6-10,17-18H,1-5,11-16H2. The Hall–Kier alpha value is -2.02. The van der Waals surface area contributed by atoms with Gasteiger partial charge in [0.05, 0.1) is 18.7 Å². The Morgan fingerprint density at radius 1 is 1.00 bits per heavy atom. The van der Waals surface area contributed by atoms with Gasteiger partial charge in [0, 0.05) is 31.7 Å². The molecule has 0 atom stereocenters. The lowest BCUT2D eigenvalue weighted by Gasteiger charge is -2.27. The molecule has 5 nitrogen and oxygen atoms in total. The number of nitrogens with zero attached hydrogens (tertiary/aromatic N) is 3. The fraction of sp³-hybridized carbons (Fsp3) is 0.500. The van der Waals surface area contributed by atoms with Crippen LogP contribution in [0.4, 0.5) is 0 Å². The lowest BCUT2D eigenvalue weighted by atomic mass is 9.84. The summed E-state index contributed by atoms with van der Waals surface area (Å²) in [6, 6.07) is 10.8. The topological polar surface area (TPSA) is 47.4 Å². The van der Waals surface area contributed by atoms with E-state index in [4.69, 9.17) is 9.72 Å². The molecule has 3 aromatic rings. The van der Waals surface area contributed by atoms with Crippen LogP contribution in [0.5, 0.6) is 0 Å². The molecule has 0 radical (unpaired) electrons. The molecule has 1 aliphatic heterocycles. The van der Waals surface area contributed by atoms with E-state index in [1.165, 1.54) is 49.0 Å². The quantitative estimate of drug-likeness (QED) is 0.606. The van der Waals surface area contributed by atoms with Crippen molar-refractivity contribution in [2.24, 2.45) is 0 Å². The van der Waals surface area contributed by atoms with Crippen LogP contribution < -0.4 is 5.56 Å². The predicted octanol–water partition coefficient (Wildman–Crippen LogP) is 4.50. The van der Waals surface area contributed by atoms with Gasteiger partial charge in [-0.2, -0.15) is 0 Å². The van der Waals surface area contributed by atoms with E-state index in [-0.39, 0.29) is 5.56 Å². The highest BCUT2D eigenvalue weighted by Crippen LogP contribution is 2.33. The molecule has 0 bridgehead atoms. The third-order valence-corrected chi connectivity index (χ3v) is 7.45. The molecular formula is C24H29N3O2S. The van der Waals surface area contributed by atoms with Crippen LogP contribution in [0.15, 0.2) is 40.5 Å². The molecule has 0 amide bonds. The first-order chi connectivity index (χ1) is 14.8. The largest absolute Gasteiger partial charge is 0.379 e. The van der Waals surface area contributed by atoms with E-state index >= 15 is 0 Å². The molecule has 2 fully saturated rings. The second-order valence-corrected chi connectivity index (χ2v) is 9.35. The van der Waals surface area contributed by atoms with Crippen molar-refractivity contribution in [3.8, 4) is 11.4 Å². The van der Waals surface area contributed by atoms with E-state index in [1.807, 2.05) is 16.0 Å². The molecule has 1 aliphatic carbocycles. The van der Waals surface area contributed by atoms with Gasteiger partial charge in [0.2, 0.25) is 0 Å². The fourth-order valence-electron chi connectivity index (χ4n) is 4.78. The SMILES string of the molecule is O=c1c2sccc2nc(-c2ccc(C3CCCCC3)cc2)n1CCN1CCOCC1. The van der Waals surface area contributed by atoms with E-state index in [0.29, 0.717) is 12.5 Å². The Balaban J connectivity index is 1.46. The van der Waals surface area contributed by atoms with Crippen molar-refractivity contribution < 1.29 is 4.74 Å². The summed E-state index contributed by atoms with van der Waals surface area (Å²) >= 11 is 1.49. The van der Waals surface area contributed by atoms with E-state index in [0.717, 1.165) is 54.5 Å². The number of hydrogen-bond donors (Lipinski definition) is 0. The minimum atomic E-state index is 0.0783. The van der Waals surface area contributed by atoms with Crippen molar-refractivity contribution >= 4 is 21.6 Å². The molecule has 2 aromatic heterocycles. The lowest BCUT2D eigenvalue weighted by Crippen LogP contribution is -2.39. The molecule has 0 N–H and O–H groups in total. The zero-order chi connectivity index (χ0) is 20.3. The van der Waals surface area contributed by atoms with Gasteiger partial charge >= 0.3 is 0 Å². The first-order valence-electron chi connectivity index (χ1n) is 11.2. The number of benzene rings is 1. The van der Waals surface area contributed by atoms with Crippen LogP contribution in [-0.4, -0.2) is 47.3 Å². The molecule has 6 heteroatoms. The highest BCUT2D eigenvalue weighted by molar-refractivity contribution is 7.17. The van der Waals surface area contributed by atoms with Crippen molar-refractivity contribution in [3.05, 3.63) is 51.6 Å². The summed E-state index contributed by atoms with van der Waals surface area (Å²) in [6.07, 6.45) is 6.63. The van der Waals surface area contributed by atoms with Crippen LogP contribution >= 0.6 is 11.3 Å². The van der Waals surface area contributed by atoms with E-state index in [1.54, 1.807) is 0 Å². The van der Waals surface area contributed by atoms with Crippen molar-refractivity contribution in [2.45, 2.75) is 44.6 Å². The van der Waals surface area contributed by atoms with Crippen LogP contribution in [0.1, 0.15) is 43.6 Å². The zero-order valence-corrected chi connectivity index (χ0v) is 18.2. The van der Waals surface area contributed by atoms with Gasteiger partial charge in [-0.1, -0.05) is 43.5 Å². The summed E-state index contributed by atoms with van der Waals surface area (Å²) in [4.78, 5) is 20.5. The van der Waals surface area contributed by atoms with E-state index < -0.39 is 0 Å². The van der Waals surface area contributed by atoms with Gasteiger partial charge in [0.25, 0.3) is 5.56 Å². The Morgan fingerprint density at radius 2 is 1.77 bits per heavy atom. The first kappa shape index (κ1) is 19.9. The summed E-state index contributed by atoms with van der Waals surface area (Å²) < 4.78 is 8.08. The summed E-state index contributed by atoms with van der Waals surface area (Å²) in [5.74, 6) is 1.47. The van der Waals surface area contributed by atoms with Gasteiger partial charge in [-0.15, -0.1) is 11.3 Å². The molecule has 1 aromatic carbocycles. The van der Waals surface area contributed by atoms with Crippen molar-refractivity contribution in [2.75, 3.05) is 32.8 Å². The van der Waals surface area contributed by atoms with Gasteiger partial charge in [-0.25, -0.2) is 4.98 Å². The number of hydrogen-bond acceptors (Lipinski definition) is 5. The fourth-order valence-corrected chi connectivity index (χ4v) is 5.56. The zero-order valence-electron chi connectivity index (χ0n) is 17.4. The molecular weight excluding hydrogens is 394 g/mol. The van der Waals surface area contributed by atoms with E-state index in [2.05, 4.69) is 29.2 Å². The van der Waals surface area contributed by atoms with Crippen LogP contribution in [0.2, 0.25) is 0 Å². The van der Waals surface area contributed by atoms with Crippen molar-refractivity contribution in [1.29, 1.82) is 0 Å². The summed E-state index contributed by atoms with van der Waals surface area (Å²) in [5.41, 5.74) is 3.34. The monoisotopic (exact) mass is 423 g/mol. The van der Waals surface area contributed by atoms with Crippen molar-refractivity contribution in [3.63, 3.8) is 0 Å². The van der Waals surface area contributed by atoms with Crippen LogP contribution in [0, 0.1) is 0 Å². The van der Waals surface area contributed by atoms with Crippen LogP contribution in [0.25, 0.3) is 21.6 Å². The number of rotatable bonds is 5. The molecule has 158 valence electrons. The molecule has 5 rings (SSSR count). The van der Waals surface area contributed by atoms with Gasteiger partial charge < -0.3 is 4.74 Å². The number of morpholine rings is 1. The first-order valence-corrected chi connectivity index (χ1v) is 12.1. The number of aromatic nitrogens is 2. The summed E-state index contributed by atoms with van der Waals surface area (Å²) in [7, 11) is 0. The highest BCUT2D eigenvalue weighted by Gasteiger charge is 2.18. The number of thiophene rings is 1.